The molecule has 1 amide bonds. The van der Waals surface area contributed by atoms with Gasteiger partial charge in [0, 0.05) is 11.1 Å². The number of carbonyl (C=O) groups excluding carboxylic acids is 1. The van der Waals surface area contributed by atoms with Gasteiger partial charge in [0.25, 0.3) is 12.3 Å². The van der Waals surface area contributed by atoms with E-state index in [9.17, 15) is 18.0 Å². The number of halogens is 3. The van der Waals surface area contributed by atoms with Crippen LogP contribution in [0.4, 0.5) is 13.2 Å². The number of thiazole rings is 1. The molecule has 3 rings (SSSR count). The van der Waals surface area contributed by atoms with Crippen LogP contribution in [0, 0.1) is 17.1 Å². The van der Waals surface area contributed by atoms with Crippen LogP contribution in [0.3, 0.4) is 0 Å². The van der Waals surface area contributed by atoms with Gasteiger partial charge in [0.05, 0.1) is 12.2 Å². The summed E-state index contributed by atoms with van der Waals surface area (Å²) in [6, 6.07) is 3.75. The van der Waals surface area contributed by atoms with Gasteiger partial charge < -0.3 is 5.32 Å². The summed E-state index contributed by atoms with van der Waals surface area (Å²) in [6.07, 6.45) is -0.262. The minimum Gasteiger partial charge on any atom is -0.342 e. The van der Waals surface area contributed by atoms with Crippen molar-refractivity contribution in [3.8, 4) is 11.2 Å². The smallest absolute Gasteiger partial charge is 0.263 e. The van der Waals surface area contributed by atoms with Crippen LogP contribution in [-0.2, 0) is 0 Å². The highest BCUT2D eigenvalue weighted by atomic mass is 32.1. The monoisotopic (exact) mass is 392 g/mol. The zero-order valence-corrected chi connectivity index (χ0v) is 14.5. The molecule has 0 aliphatic carbocycles. The fourth-order valence-electron chi connectivity index (χ4n) is 2.32. The number of nitrogens with zero attached hydrogens (tertiary/aromatic N) is 5. The first kappa shape index (κ1) is 18.5. The first-order valence-electron chi connectivity index (χ1n) is 7.54. The molecular weight excluding hydrogens is 381 g/mol. The summed E-state index contributed by atoms with van der Waals surface area (Å²) in [5.74, 6) is -1.36. The van der Waals surface area contributed by atoms with Crippen LogP contribution in [-0.4, -0.2) is 25.7 Å². The summed E-state index contributed by atoms with van der Waals surface area (Å²) in [5.41, 5.74) is -0.813. The van der Waals surface area contributed by atoms with Gasteiger partial charge in [0.2, 0.25) is 5.13 Å². The normalized spacial score (nSPS) is 12.0. The lowest BCUT2D eigenvalue weighted by atomic mass is 10.1. The minimum atomic E-state index is -2.90. The van der Waals surface area contributed by atoms with E-state index in [4.69, 9.17) is 5.26 Å². The van der Waals surface area contributed by atoms with E-state index >= 15 is 0 Å². The van der Waals surface area contributed by atoms with Gasteiger partial charge in [-0.2, -0.15) is 15.0 Å². The quantitative estimate of drug-likeness (QED) is 0.719. The minimum absolute atomic E-state index is 0.232. The number of amides is 1. The Bertz CT molecular complexity index is 1030. The molecule has 1 atom stereocenters. The summed E-state index contributed by atoms with van der Waals surface area (Å²) >= 11 is 1.09. The molecule has 0 unspecified atom stereocenters. The van der Waals surface area contributed by atoms with Crippen LogP contribution < -0.4 is 5.32 Å². The Morgan fingerprint density at radius 3 is 2.78 bits per heavy atom. The number of nitrogens with one attached hydrogen (secondary N) is 1. The van der Waals surface area contributed by atoms with Crippen LogP contribution in [0.1, 0.15) is 46.0 Å². The maximum atomic E-state index is 13.5. The van der Waals surface area contributed by atoms with Crippen molar-refractivity contribution >= 4 is 17.2 Å². The molecule has 27 heavy (non-hydrogen) atoms. The molecule has 3 aromatic rings. The highest BCUT2D eigenvalue weighted by molar-refractivity contribution is 7.14. The number of benzene rings is 1. The summed E-state index contributed by atoms with van der Waals surface area (Å²) < 4.78 is 40.5. The molecule has 0 radical (unpaired) electrons. The van der Waals surface area contributed by atoms with Crippen molar-refractivity contribution in [2.24, 2.45) is 0 Å². The molecule has 0 saturated carbocycles. The van der Waals surface area contributed by atoms with Crippen molar-refractivity contribution in [1.82, 2.24) is 25.1 Å². The van der Waals surface area contributed by atoms with E-state index in [1.165, 1.54) is 17.2 Å². The Hall–Kier alpha value is -3.26. The van der Waals surface area contributed by atoms with Gasteiger partial charge in [-0.3, -0.25) is 4.79 Å². The third kappa shape index (κ3) is 3.95. The molecule has 7 nitrogen and oxygen atoms in total. The maximum absolute atomic E-state index is 13.5. The molecule has 0 saturated heterocycles. The first-order chi connectivity index (χ1) is 12.9. The van der Waals surface area contributed by atoms with Crippen molar-refractivity contribution in [3.63, 3.8) is 0 Å². The van der Waals surface area contributed by atoms with Gasteiger partial charge in [-0.25, -0.2) is 23.1 Å². The van der Waals surface area contributed by atoms with Crippen LogP contribution >= 0.6 is 11.3 Å². The molecule has 0 aliphatic rings. The number of rotatable bonds is 5. The van der Waals surface area contributed by atoms with E-state index in [-0.39, 0.29) is 5.56 Å². The second kappa shape index (κ2) is 7.55. The predicted molar refractivity (Wildman–Crippen MR) is 89.0 cm³/mol. The maximum Gasteiger partial charge on any atom is 0.263 e. The summed E-state index contributed by atoms with van der Waals surface area (Å²) in [7, 11) is 0. The zero-order valence-electron chi connectivity index (χ0n) is 13.7. The van der Waals surface area contributed by atoms with Gasteiger partial charge >= 0.3 is 0 Å². The van der Waals surface area contributed by atoms with Crippen molar-refractivity contribution in [2.45, 2.75) is 19.4 Å². The van der Waals surface area contributed by atoms with Crippen molar-refractivity contribution in [3.05, 3.63) is 58.4 Å². The van der Waals surface area contributed by atoms with E-state index < -0.39 is 29.8 Å². The van der Waals surface area contributed by atoms with Gasteiger partial charge in [-0.05, 0) is 25.1 Å². The predicted octanol–water partition coefficient (Wildman–Crippen LogP) is 3.16. The average molecular weight is 392 g/mol. The van der Waals surface area contributed by atoms with E-state index in [2.05, 4.69) is 20.4 Å². The lowest BCUT2D eigenvalue weighted by molar-refractivity contribution is 0.0937. The van der Waals surface area contributed by atoms with Gasteiger partial charge in [-0.1, -0.05) is 11.3 Å². The van der Waals surface area contributed by atoms with Crippen LogP contribution in [0.2, 0.25) is 0 Å². The lowest BCUT2D eigenvalue weighted by Gasteiger charge is -2.14. The number of hydrogen-bond donors (Lipinski definition) is 1. The molecule has 0 aliphatic heterocycles. The standard InChI is InChI=1S/C16H11F3N6OS/c1-8(14-22-7-23-25(14)16-21-6-12(5-20)27-16)24-15(26)10-2-9(13(18)19)3-11(17)4-10/h2-4,6-8,13H,1H3,(H,24,26)/t8-/m0/s1. The molecule has 0 bridgehead atoms. The number of hydrogen-bond acceptors (Lipinski definition) is 6. The average Bonchev–Trinajstić information content (AvgIpc) is 3.29. The molecule has 1 aromatic carbocycles. The lowest BCUT2D eigenvalue weighted by Crippen LogP contribution is -2.29. The molecule has 1 N–H and O–H groups in total. The van der Waals surface area contributed by atoms with Crippen LogP contribution in [0.25, 0.3) is 5.13 Å². The largest absolute Gasteiger partial charge is 0.342 e. The Balaban J connectivity index is 1.82. The molecule has 2 heterocycles. The van der Waals surface area contributed by atoms with Crippen molar-refractivity contribution in [2.75, 3.05) is 0 Å². The van der Waals surface area contributed by atoms with Gasteiger partial charge in [0.15, 0.2) is 5.82 Å². The molecule has 138 valence electrons. The fraction of sp³-hybridized carbons (Fsp3) is 0.188. The SMILES string of the molecule is C[C@H](NC(=O)c1cc(F)cc(C(F)F)c1)c1ncnn1-c1ncc(C#N)s1. The van der Waals surface area contributed by atoms with Crippen LogP contribution in [0.15, 0.2) is 30.7 Å². The van der Waals surface area contributed by atoms with Crippen molar-refractivity contribution in [1.29, 1.82) is 5.26 Å². The number of nitriles is 1. The second-order valence-corrected chi connectivity index (χ2v) is 6.43. The zero-order chi connectivity index (χ0) is 19.6. The number of alkyl halides is 2. The van der Waals surface area contributed by atoms with E-state index in [1.54, 1.807) is 6.92 Å². The molecule has 11 heteroatoms. The van der Waals surface area contributed by atoms with Crippen molar-refractivity contribution < 1.29 is 18.0 Å². The Labute approximate surface area is 155 Å². The Morgan fingerprint density at radius 2 is 2.11 bits per heavy atom. The Morgan fingerprint density at radius 1 is 1.33 bits per heavy atom. The second-order valence-electron chi connectivity index (χ2n) is 5.42. The topological polar surface area (TPSA) is 96.5 Å². The van der Waals surface area contributed by atoms with Gasteiger partial charge in [-0.15, -0.1) is 0 Å². The number of aromatic nitrogens is 4. The molecule has 0 spiro atoms. The Kier molecular flexibility index (Phi) is 5.18. The van der Waals surface area contributed by atoms with E-state index in [1.807, 2.05) is 6.07 Å². The van der Waals surface area contributed by atoms with Crippen LogP contribution in [0.5, 0.6) is 0 Å². The molecule has 0 fully saturated rings. The summed E-state index contributed by atoms with van der Waals surface area (Å²) in [6.45, 7) is 1.60. The summed E-state index contributed by atoms with van der Waals surface area (Å²) in [5, 5.41) is 15.9. The highest BCUT2D eigenvalue weighted by Gasteiger charge is 2.20. The van der Waals surface area contributed by atoms with E-state index in [0.717, 1.165) is 23.5 Å². The third-order valence-corrected chi connectivity index (χ3v) is 4.41. The van der Waals surface area contributed by atoms with E-state index in [0.29, 0.717) is 21.9 Å². The third-order valence-electron chi connectivity index (χ3n) is 3.53. The number of carbonyl (C=O) groups is 1. The fourth-order valence-corrected chi connectivity index (χ4v) is 3.00. The van der Waals surface area contributed by atoms with Gasteiger partial charge in [0.1, 0.15) is 23.1 Å². The molecular formula is C16H11F3N6OS. The first-order valence-corrected chi connectivity index (χ1v) is 8.36. The summed E-state index contributed by atoms with van der Waals surface area (Å²) in [4.78, 5) is 20.8. The highest BCUT2D eigenvalue weighted by Crippen LogP contribution is 2.23. The molecule has 2 aromatic heterocycles.